The highest BCUT2D eigenvalue weighted by atomic mass is 35.5. The van der Waals surface area contributed by atoms with Crippen LogP contribution in [-0.2, 0) is 6.42 Å². The van der Waals surface area contributed by atoms with Crippen LogP contribution in [-0.4, -0.2) is 20.1 Å². The zero-order valence-electron chi connectivity index (χ0n) is 8.74. The van der Waals surface area contributed by atoms with Gasteiger partial charge in [0.1, 0.15) is 11.5 Å². The van der Waals surface area contributed by atoms with Crippen LogP contribution in [0, 0.1) is 5.41 Å². The maximum Gasteiger partial charge on any atom is 0.122 e. The van der Waals surface area contributed by atoms with Crippen molar-refractivity contribution < 1.29 is 9.47 Å². The van der Waals surface area contributed by atoms with Crippen molar-refractivity contribution in [1.29, 1.82) is 5.41 Å². The van der Waals surface area contributed by atoms with Crippen molar-refractivity contribution in [3.63, 3.8) is 0 Å². The molecule has 0 radical (unpaired) electrons. The Labute approximate surface area is 95.3 Å². The molecule has 0 aliphatic heterocycles. The molecule has 0 bridgehead atoms. The predicted molar refractivity (Wildman–Crippen MR) is 62.4 cm³/mol. The lowest BCUT2D eigenvalue weighted by atomic mass is 10.1. The first-order valence-electron chi connectivity index (χ1n) is 4.20. The number of rotatable bonds is 4. The van der Waals surface area contributed by atoms with Crippen molar-refractivity contribution in [3.8, 4) is 11.5 Å². The molecule has 0 fully saturated rings. The van der Waals surface area contributed by atoms with Gasteiger partial charge in [-0.15, -0.1) is 12.4 Å². The number of hydrogen-bond donors (Lipinski definition) is 2. The molecule has 5 heteroatoms. The Balaban J connectivity index is 0.00000196. The van der Waals surface area contributed by atoms with Gasteiger partial charge in [0.15, 0.2) is 0 Å². The third-order valence-electron chi connectivity index (χ3n) is 1.81. The van der Waals surface area contributed by atoms with Crippen molar-refractivity contribution in [2.24, 2.45) is 5.73 Å². The Hall–Kier alpha value is -1.42. The molecule has 1 aromatic carbocycles. The summed E-state index contributed by atoms with van der Waals surface area (Å²) in [6.45, 7) is 0. The minimum absolute atomic E-state index is 0. The monoisotopic (exact) mass is 230 g/mol. The van der Waals surface area contributed by atoms with E-state index >= 15 is 0 Å². The van der Waals surface area contributed by atoms with Gasteiger partial charge in [-0.05, 0) is 17.7 Å². The van der Waals surface area contributed by atoms with Crippen molar-refractivity contribution in [3.05, 3.63) is 23.8 Å². The fourth-order valence-electron chi connectivity index (χ4n) is 1.19. The van der Waals surface area contributed by atoms with E-state index in [9.17, 15) is 0 Å². The molecule has 0 aliphatic rings. The summed E-state index contributed by atoms with van der Waals surface area (Å²) in [5, 5.41) is 7.18. The van der Waals surface area contributed by atoms with Gasteiger partial charge in [0.2, 0.25) is 0 Å². The van der Waals surface area contributed by atoms with Gasteiger partial charge in [0.05, 0.1) is 20.1 Å². The van der Waals surface area contributed by atoms with E-state index in [1.807, 2.05) is 12.1 Å². The van der Waals surface area contributed by atoms with E-state index < -0.39 is 0 Å². The van der Waals surface area contributed by atoms with Crippen LogP contribution >= 0.6 is 12.4 Å². The topological polar surface area (TPSA) is 68.3 Å². The smallest absolute Gasteiger partial charge is 0.122 e. The molecular formula is C10H15ClN2O2. The largest absolute Gasteiger partial charge is 0.497 e. The van der Waals surface area contributed by atoms with Crippen LogP contribution < -0.4 is 15.2 Å². The molecule has 4 nitrogen and oxygen atoms in total. The summed E-state index contributed by atoms with van der Waals surface area (Å²) in [5.41, 5.74) is 6.22. The van der Waals surface area contributed by atoms with Gasteiger partial charge >= 0.3 is 0 Å². The Morgan fingerprint density at radius 1 is 1.20 bits per heavy atom. The quantitative estimate of drug-likeness (QED) is 0.610. The number of hydrogen-bond acceptors (Lipinski definition) is 3. The third-order valence-corrected chi connectivity index (χ3v) is 1.81. The standard InChI is InChI=1S/C10H14N2O2.ClH/c1-13-8-3-7(5-10(11)12)4-9(6-8)14-2;/h3-4,6H,5H2,1-2H3,(H3,11,12);1H. The summed E-state index contributed by atoms with van der Waals surface area (Å²) in [7, 11) is 3.18. The van der Waals surface area contributed by atoms with Crippen LogP contribution in [0.25, 0.3) is 0 Å². The highest BCUT2D eigenvalue weighted by Crippen LogP contribution is 2.22. The summed E-state index contributed by atoms with van der Waals surface area (Å²) >= 11 is 0. The Bertz CT molecular complexity index is 320. The van der Waals surface area contributed by atoms with Crippen LogP contribution in [0.4, 0.5) is 0 Å². The first-order chi connectivity index (χ1) is 6.65. The van der Waals surface area contributed by atoms with Crippen molar-refractivity contribution in [2.45, 2.75) is 6.42 Å². The zero-order chi connectivity index (χ0) is 10.6. The number of ether oxygens (including phenoxy) is 2. The van der Waals surface area contributed by atoms with Gasteiger partial charge in [-0.25, -0.2) is 0 Å². The third kappa shape index (κ3) is 4.08. The zero-order valence-corrected chi connectivity index (χ0v) is 9.56. The average molecular weight is 231 g/mol. The van der Waals surface area contributed by atoms with Crippen LogP contribution in [0.1, 0.15) is 5.56 Å². The van der Waals surface area contributed by atoms with Crippen molar-refractivity contribution in [2.75, 3.05) is 14.2 Å². The first kappa shape index (κ1) is 13.6. The Morgan fingerprint density at radius 2 is 1.67 bits per heavy atom. The van der Waals surface area contributed by atoms with E-state index in [2.05, 4.69) is 0 Å². The predicted octanol–water partition coefficient (Wildman–Crippen LogP) is 1.60. The van der Waals surface area contributed by atoms with Gasteiger partial charge in [-0.1, -0.05) is 0 Å². The lowest BCUT2D eigenvalue weighted by Gasteiger charge is -2.07. The maximum absolute atomic E-state index is 7.18. The number of benzene rings is 1. The van der Waals surface area contributed by atoms with Gasteiger partial charge < -0.3 is 15.2 Å². The summed E-state index contributed by atoms with van der Waals surface area (Å²) in [5.74, 6) is 1.54. The van der Waals surface area contributed by atoms with Crippen LogP contribution in [0.2, 0.25) is 0 Å². The molecule has 0 spiro atoms. The molecule has 0 heterocycles. The molecule has 0 aromatic heterocycles. The average Bonchev–Trinajstić information content (AvgIpc) is 2.16. The van der Waals surface area contributed by atoms with Crippen molar-refractivity contribution >= 4 is 18.2 Å². The fourth-order valence-corrected chi connectivity index (χ4v) is 1.19. The van der Waals surface area contributed by atoms with Crippen LogP contribution in [0.3, 0.4) is 0 Å². The number of halogens is 1. The van der Waals surface area contributed by atoms with E-state index in [0.29, 0.717) is 17.9 Å². The van der Waals surface area contributed by atoms with Crippen LogP contribution in [0.5, 0.6) is 11.5 Å². The highest BCUT2D eigenvalue weighted by Gasteiger charge is 2.02. The molecule has 1 aromatic rings. The molecule has 84 valence electrons. The molecule has 15 heavy (non-hydrogen) atoms. The molecule has 0 atom stereocenters. The van der Waals surface area contributed by atoms with E-state index in [0.717, 1.165) is 5.56 Å². The SMILES string of the molecule is COc1cc(CC(=N)N)cc(OC)c1.Cl. The molecule has 0 saturated carbocycles. The molecule has 1 rings (SSSR count). The molecule has 0 aliphatic carbocycles. The number of nitrogens with two attached hydrogens (primary N) is 1. The van der Waals surface area contributed by atoms with E-state index in [-0.39, 0.29) is 18.2 Å². The summed E-state index contributed by atoms with van der Waals surface area (Å²) in [6.07, 6.45) is 0.410. The second-order valence-electron chi connectivity index (χ2n) is 2.92. The van der Waals surface area contributed by atoms with Crippen LogP contribution in [0.15, 0.2) is 18.2 Å². The number of nitrogens with one attached hydrogen (secondary N) is 1. The Morgan fingerprint density at radius 3 is 2.00 bits per heavy atom. The molecule has 0 saturated heterocycles. The minimum Gasteiger partial charge on any atom is -0.497 e. The maximum atomic E-state index is 7.18. The number of amidine groups is 1. The van der Waals surface area contributed by atoms with E-state index in [4.69, 9.17) is 20.6 Å². The molecule has 0 unspecified atom stereocenters. The summed E-state index contributed by atoms with van der Waals surface area (Å²) < 4.78 is 10.2. The van der Waals surface area contributed by atoms with Gasteiger partial charge in [-0.2, -0.15) is 0 Å². The van der Waals surface area contributed by atoms with E-state index in [1.165, 1.54) is 0 Å². The normalized spacial score (nSPS) is 8.93. The minimum atomic E-state index is 0. The second kappa shape index (κ2) is 6.14. The fraction of sp³-hybridized carbons (Fsp3) is 0.300. The lowest BCUT2D eigenvalue weighted by molar-refractivity contribution is 0.393. The van der Waals surface area contributed by atoms with Crippen molar-refractivity contribution in [1.82, 2.24) is 0 Å². The molecular weight excluding hydrogens is 216 g/mol. The summed E-state index contributed by atoms with van der Waals surface area (Å²) in [4.78, 5) is 0. The highest BCUT2D eigenvalue weighted by molar-refractivity contribution is 5.85. The number of methoxy groups -OCH3 is 2. The summed E-state index contributed by atoms with van der Waals surface area (Å²) in [6, 6.07) is 5.46. The van der Waals surface area contributed by atoms with Gasteiger partial charge in [-0.3, -0.25) is 5.41 Å². The molecule has 3 N–H and O–H groups in total. The van der Waals surface area contributed by atoms with Gasteiger partial charge in [0, 0.05) is 12.5 Å². The Kier molecular flexibility index (Phi) is 5.56. The lowest BCUT2D eigenvalue weighted by Crippen LogP contribution is -2.12. The second-order valence-corrected chi connectivity index (χ2v) is 2.92. The van der Waals surface area contributed by atoms with Gasteiger partial charge in [0.25, 0.3) is 0 Å². The first-order valence-corrected chi connectivity index (χ1v) is 4.20. The molecule has 0 amide bonds. The van der Waals surface area contributed by atoms with E-state index in [1.54, 1.807) is 20.3 Å².